The second-order valence-corrected chi connectivity index (χ2v) is 5.31. The van der Waals surface area contributed by atoms with Crippen molar-refractivity contribution >= 4 is 11.8 Å². The summed E-state index contributed by atoms with van der Waals surface area (Å²) in [6.45, 7) is 3.55. The van der Waals surface area contributed by atoms with Crippen LogP contribution in [0.2, 0.25) is 0 Å². The molecule has 1 saturated carbocycles. The largest absolute Gasteiger partial charge is 0.381 e. The summed E-state index contributed by atoms with van der Waals surface area (Å²) in [5, 5.41) is 13.0. The summed E-state index contributed by atoms with van der Waals surface area (Å²) in [5.74, 6) is 0.918. The average molecular weight is 256 g/mol. The van der Waals surface area contributed by atoms with Gasteiger partial charge in [-0.2, -0.15) is 0 Å². The molecule has 0 amide bonds. The van der Waals surface area contributed by atoms with E-state index in [1.807, 2.05) is 11.6 Å². The van der Waals surface area contributed by atoms with Gasteiger partial charge in [0, 0.05) is 12.4 Å². The lowest BCUT2D eigenvalue weighted by atomic mass is 9.96. The van der Waals surface area contributed by atoms with E-state index < -0.39 is 0 Å². The number of hydrogen-bond donors (Lipinski definition) is 0. The van der Waals surface area contributed by atoms with Crippen LogP contribution in [-0.2, 0) is 4.74 Å². The van der Waals surface area contributed by atoms with Crippen molar-refractivity contribution in [3.63, 3.8) is 0 Å². The fourth-order valence-corrected chi connectivity index (χ4v) is 2.97. The zero-order valence-electron chi connectivity index (χ0n) is 10.3. The fourth-order valence-electron chi connectivity index (χ4n) is 2.17. The van der Waals surface area contributed by atoms with Crippen molar-refractivity contribution < 1.29 is 4.74 Å². The van der Waals surface area contributed by atoms with Crippen molar-refractivity contribution in [3.05, 3.63) is 0 Å². The van der Waals surface area contributed by atoms with Crippen molar-refractivity contribution in [1.82, 2.24) is 20.2 Å². The highest BCUT2D eigenvalue weighted by atomic mass is 32.2. The van der Waals surface area contributed by atoms with E-state index in [2.05, 4.69) is 15.5 Å². The van der Waals surface area contributed by atoms with Gasteiger partial charge in [0.05, 0.1) is 12.6 Å². The van der Waals surface area contributed by atoms with Crippen molar-refractivity contribution in [2.45, 2.75) is 50.2 Å². The molecule has 1 heterocycles. The minimum Gasteiger partial charge on any atom is -0.381 e. The zero-order valence-corrected chi connectivity index (χ0v) is 11.2. The number of hydrogen-bond acceptors (Lipinski definition) is 5. The second-order valence-electron chi connectivity index (χ2n) is 4.24. The van der Waals surface area contributed by atoms with Crippen LogP contribution in [0, 0.1) is 0 Å². The molecule has 0 unspecified atom stereocenters. The molecule has 0 radical (unpaired) electrons. The molecule has 6 heteroatoms. The maximum atomic E-state index is 5.32. The smallest absolute Gasteiger partial charge is 0.209 e. The van der Waals surface area contributed by atoms with Gasteiger partial charge >= 0.3 is 0 Å². The summed E-state index contributed by atoms with van der Waals surface area (Å²) in [4.78, 5) is 0. The van der Waals surface area contributed by atoms with E-state index >= 15 is 0 Å². The Labute approximate surface area is 106 Å². The van der Waals surface area contributed by atoms with Gasteiger partial charge in [0.2, 0.25) is 5.16 Å². The quantitative estimate of drug-likeness (QED) is 0.577. The van der Waals surface area contributed by atoms with Crippen molar-refractivity contribution in [2.75, 3.05) is 19.0 Å². The van der Waals surface area contributed by atoms with Crippen molar-refractivity contribution in [2.24, 2.45) is 0 Å². The van der Waals surface area contributed by atoms with E-state index in [0.717, 1.165) is 24.1 Å². The van der Waals surface area contributed by atoms with E-state index in [9.17, 15) is 0 Å². The highest BCUT2D eigenvalue weighted by molar-refractivity contribution is 7.99. The van der Waals surface area contributed by atoms with E-state index in [1.54, 1.807) is 11.8 Å². The molecule has 1 aromatic rings. The topological polar surface area (TPSA) is 52.8 Å². The number of tetrazole rings is 1. The molecule has 0 atom stereocenters. The van der Waals surface area contributed by atoms with Crippen LogP contribution in [0.4, 0.5) is 0 Å². The third-order valence-electron chi connectivity index (χ3n) is 3.05. The molecule has 1 aliphatic rings. The van der Waals surface area contributed by atoms with Crippen molar-refractivity contribution in [1.29, 1.82) is 0 Å². The molecule has 0 N–H and O–H groups in total. The van der Waals surface area contributed by atoms with Crippen LogP contribution in [0.5, 0.6) is 0 Å². The van der Waals surface area contributed by atoms with Crippen LogP contribution < -0.4 is 0 Å². The summed E-state index contributed by atoms with van der Waals surface area (Å²) in [6, 6.07) is 0.508. The van der Waals surface area contributed by atoms with Crippen LogP contribution in [-0.4, -0.2) is 39.2 Å². The molecule has 0 saturated heterocycles. The minimum absolute atomic E-state index is 0.508. The first-order chi connectivity index (χ1) is 8.42. The number of ether oxygens (including phenoxy) is 1. The first kappa shape index (κ1) is 12.8. The van der Waals surface area contributed by atoms with E-state index in [1.165, 1.54) is 32.1 Å². The summed E-state index contributed by atoms with van der Waals surface area (Å²) >= 11 is 1.69. The van der Waals surface area contributed by atoms with Gasteiger partial charge in [-0.05, 0) is 30.2 Å². The van der Waals surface area contributed by atoms with E-state index in [0.29, 0.717) is 6.04 Å². The summed E-state index contributed by atoms with van der Waals surface area (Å²) in [6.07, 6.45) is 6.38. The number of rotatable bonds is 6. The number of thioether (sulfide) groups is 1. The molecule has 5 nitrogen and oxygen atoms in total. The zero-order chi connectivity index (χ0) is 11.9. The maximum Gasteiger partial charge on any atom is 0.209 e. The SMILES string of the molecule is CCOCCSc1nnnn1C1CCCCC1. The van der Waals surface area contributed by atoms with Gasteiger partial charge in [0.25, 0.3) is 0 Å². The van der Waals surface area contributed by atoms with Gasteiger partial charge in [0.15, 0.2) is 0 Å². The molecule has 0 bridgehead atoms. The van der Waals surface area contributed by atoms with Gasteiger partial charge in [-0.1, -0.05) is 31.0 Å². The van der Waals surface area contributed by atoms with Crippen LogP contribution in [0.25, 0.3) is 0 Å². The minimum atomic E-state index is 0.508. The maximum absolute atomic E-state index is 5.32. The Morgan fingerprint density at radius 2 is 2.18 bits per heavy atom. The Hall–Kier alpha value is -0.620. The van der Waals surface area contributed by atoms with Crippen LogP contribution in [0.3, 0.4) is 0 Å². The third-order valence-corrected chi connectivity index (χ3v) is 3.94. The lowest BCUT2D eigenvalue weighted by Crippen LogP contribution is -2.15. The van der Waals surface area contributed by atoms with Crippen LogP contribution in [0.1, 0.15) is 45.1 Å². The van der Waals surface area contributed by atoms with Crippen molar-refractivity contribution in [3.8, 4) is 0 Å². The van der Waals surface area contributed by atoms with E-state index in [-0.39, 0.29) is 0 Å². The molecule has 0 aromatic carbocycles. The Morgan fingerprint density at radius 1 is 1.35 bits per heavy atom. The number of nitrogens with zero attached hydrogens (tertiary/aromatic N) is 4. The lowest BCUT2D eigenvalue weighted by molar-refractivity contribution is 0.164. The molecule has 2 rings (SSSR count). The molecule has 0 spiro atoms. The normalized spacial score (nSPS) is 17.5. The standard InChI is InChI=1S/C11H20N4OS/c1-2-16-8-9-17-11-12-13-14-15(11)10-6-4-3-5-7-10/h10H,2-9H2,1H3. The predicted molar refractivity (Wildman–Crippen MR) is 67.2 cm³/mol. The highest BCUT2D eigenvalue weighted by Crippen LogP contribution is 2.29. The van der Waals surface area contributed by atoms with Gasteiger partial charge < -0.3 is 4.74 Å². The predicted octanol–water partition coefficient (Wildman–Crippen LogP) is 2.31. The van der Waals surface area contributed by atoms with Crippen LogP contribution >= 0.6 is 11.8 Å². The van der Waals surface area contributed by atoms with E-state index in [4.69, 9.17) is 4.74 Å². The van der Waals surface area contributed by atoms with Gasteiger partial charge in [-0.15, -0.1) is 5.10 Å². The molecule has 96 valence electrons. The first-order valence-electron chi connectivity index (χ1n) is 6.40. The molecular formula is C11H20N4OS. The third kappa shape index (κ3) is 3.67. The Kier molecular flexibility index (Phi) is 5.25. The number of aromatic nitrogens is 4. The lowest BCUT2D eigenvalue weighted by Gasteiger charge is -2.21. The van der Waals surface area contributed by atoms with Gasteiger partial charge in [0.1, 0.15) is 0 Å². The Morgan fingerprint density at radius 3 is 2.94 bits per heavy atom. The summed E-state index contributed by atoms with van der Waals surface area (Å²) in [5.41, 5.74) is 0. The molecule has 1 aromatic heterocycles. The molecule has 17 heavy (non-hydrogen) atoms. The molecule has 0 aliphatic heterocycles. The van der Waals surface area contributed by atoms with Crippen LogP contribution in [0.15, 0.2) is 5.16 Å². The Bertz CT molecular complexity index is 325. The molecule has 1 aliphatic carbocycles. The molecule has 1 fully saturated rings. The molecular weight excluding hydrogens is 236 g/mol. The highest BCUT2D eigenvalue weighted by Gasteiger charge is 2.19. The average Bonchev–Trinajstić information content (AvgIpc) is 2.84. The summed E-state index contributed by atoms with van der Waals surface area (Å²) < 4.78 is 7.33. The Balaban J connectivity index is 1.87. The fraction of sp³-hybridized carbons (Fsp3) is 0.909. The second kappa shape index (κ2) is 6.96. The summed E-state index contributed by atoms with van der Waals surface area (Å²) in [7, 11) is 0. The first-order valence-corrected chi connectivity index (χ1v) is 7.38. The monoisotopic (exact) mass is 256 g/mol. The van der Waals surface area contributed by atoms with Gasteiger partial charge in [-0.3, -0.25) is 0 Å². The van der Waals surface area contributed by atoms with Gasteiger partial charge in [-0.25, -0.2) is 4.68 Å².